The van der Waals surface area contributed by atoms with Crippen LogP contribution in [-0.2, 0) is 6.42 Å². The molecule has 1 aliphatic heterocycles. The molecule has 5 heteroatoms. The molecule has 2 rings (SSSR count). The quantitative estimate of drug-likeness (QED) is 0.897. The van der Waals surface area contributed by atoms with Gasteiger partial charge in [-0.25, -0.2) is 4.98 Å². The number of H-pyrrole nitrogens is 1. The summed E-state index contributed by atoms with van der Waals surface area (Å²) in [5.41, 5.74) is 0.865. The van der Waals surface area contributed by atoms with Crippen molar-refractivity contribution in [2.45, 2.75) is 42.9 Å². The molecule has 0 aromatic carbocycles. The average molecular weight is 270 g/mol. The molecule has 0 bridgehead atoms. The summed E-state index contributed by atoms with van der Waals surface area (Å²) in [7, 11) is 0. The fraction of sp³-hybridized carbons (Fsp3) is 0.667. The van der Waals surface area contributed by atoms with E-state index < -0.39 is 0 Å². The molecular formula is C12H18N2OS2. The highest BCUT2D eigenvalue weighted by Crippen LogP contribution is 2.42. The lowest BCUT2D eigenvalue weighted by Crippen LogP contribution is -2.24. The van der Waals surface area contributed by atoms with E-state index in [1.165, 1.54) is 0 Å². The molecular weight excluding hydrogens is 252 g/mol. The van der Waals surface area contributed by atoms with Gasteiger partial charge < -0.3 is 4.98 Å². The number of aromatic nitrogens is 2. The Morgan fingerprint density at radius 3 is 2.88 bits per heavy atom. The first-order chi connectivity index (χ1) is 8.10. The molecule has 0 radical (unpaired) electrons. The van der Waals surface area contributed by atoms with Crippen LogP contribution in [0.15, 0.2) is 10.9 Å². The van der Waals surface area contributed by atoms with E-state index in [0.29, 0.717) is 15.7 Å². The van der Waals surface area contributed by atoms with Crippen LogP contribution in [0.3, 0.4) is 0 Å². The molecule has 1 saturated heterocycles. The van der Waals surface area contributed by atoms with Crippen LogP contribution in [0.4, 0.5) is 0 Å². The Hall–Kier alpha value is -0.420. The largest absolute Gasteiger partial charge is 0.310 e. The first-order valence-corrected chi connectivity index (χ1v) is 7.96. The van der Waals surface area contributed by atoms with E-state index in [9.17, 15) is 4.79 Å². The maximum atomic E-state index is 11.5. The van der Waals surface area contributed by atoms with E-state index >= 15 is 0 Å². The molecule has 1 aliphatic rings. The third-order valence-corrected chi connectivity index (χ3v) is 6.43. The zero-order valence-corrected chi connectivity index (χ0v) is 12.0. The molecule has 1 fully saturated rings. The van der Waals surface area contributed by atoms with Crippen LogP contribution in [0.1, 0.15) is 37.5 Å². The van der Waals surface area contributed by atoms with Gasteiger partial charge in [-0.15, -0.1) is 11.8 Å². The molecule has 3 unspecified atom stereocenters. The van der Waals surface area contributed by atoms with Crippen molar-refractivity contribution >= 4 is 23.5 Å². The van der Waals surface area contributed by atoms with Crippen LogP contribution in [0.5, 0.6) is 0 Å². The van der Waals surface area contributed by atoms with Crippen molar-refractivity contribution in [1.82, 2.24) is 9.97 Å². The van der Waals surface area contributed by atoms with Gasteiger partial charge in [-0.05, 0) is 6.42 Å². The van der Waals surface area contributed by atoms with E-state index in [1.54, 1.807) is 6.07 Å². The predicted octanol–water partition coefficient (Wildman–Crippen LogP) is 2.63. The summed E-state index contributed by atoms with van der Waals surface area (Å²) in [5, 5.41) is 1.61. The monoisotopic (exact) mass is 270 g/mol. The van der Waals surface area contributed by atoms with E-state index in [-0.39, 0.29) is 5.56 Å². The summed E-state index contributed by atoms with van der Waals surface area (Å²) in [5.74, 6) is 1.89. The number of thioether (sulfide) groups is 2. The average Bonchev–Trinajstić information content (AvgIpc) is 2.32. The predicted molar refractivity (Wildman–Crippen MR) is 75.9 cm³/mol. The van der Waals surface area contributed by atoms with Crippen molar-refractivity contribution < 1.29 is 0 Å². The standard InChI is InChI=1S/C12H18N2OS2/c1-4-9-5-11(15)14-12(13-9)10-6-16-7(2)8(3)17-10/h5,7-8,10H,4,6H2,1-3H3,(H,13,14,15). The Balaban J connectivity index is 2.22. The SMILES string of the molecule is CCc1cc(=O)[nH]c(C2CSC(C)C(C)S2)n1. The molecule has 0 saturated carbocycles. The minimum absolute atomic E-state index is 0.0243. The molecule has 0 spiro atoms. The first kappa shape index (κ1) is 13.0. The van der Waals surface area contributed by atoms with Crippen LogP contribution < -0.4 is 5.56 Å². The zero-order chi connectivity index (χ0) is 12.4. The molecule has 1 aromatic rings. The van der Waals surface area contributed by atoms with Crippen molar-refractivity contribution in [3.05, 3.63) is 27.9 Å². The van der Waals surface area contributed by atoms with Crippen LogP contribution in [-0.4, -0.2) is 26.2 Å². The minimum atomic E-state index is -0.0243. The van der Waals surface area contributed by atoms with Gasteiger partial charge in [-0.1, -0.05) is 20.8 Å². The van der Waals surface area contributed by atoms with Gasteiger partial charge in [0.2, 0.25) is 0 Å². The van der Waals surface area contributed by atoms with Gasteiger partial charge in [-0.2, -0.15) is 11.8 Å². The highest BCUT2D eigenvalue weighted by Gasteiger charge is 2.28. The van der Waals surface area contributed by atoms with Gasteiger partial charge in [0.15, 0.2) is 0 Å². The van der Waals surface area contributed by atoms with E-state index in [1.807, 2.05) is 30.4 Å². The maximum Gasteiger partial charge on any atom is 0.251 e. The van der Waals surface area contributed by atoms with E-state index in [4.69, 9.17) is 0 Å². The second-order valence-corrected chi connectivity index (χ2v) is 7.34. The molecule has 17 heavy (non-hydrogen) atoms. The summed E-state index contributed by atoms with van der Waals surface area (Å²) in [4.78, 5) is 19.0. The van der Waals surface area contributed by atoms with Crippen LogP contribution >= 0.6 is 23.5 Å². The van der Waals surface area contributed by atoms with Gasteiger partial charge in [0.05, 0.1) is 5.25 Å². The topological polar surface area (TPSA) is 45.8 Å². The fourth-order valence-electron chi connectivity index (χ4n) is 1.79. The summed E-state index contributed by atoms with van der Waals surface area (Å²) < 4.78 is 0. The van der Waals surface area contributed by atoms with Gasteiger partial charge >= 0.3 is 0 Å². The third-order valence-electron chi connectivity index (χ3n) is 3.03. The van der Waals surface area contributed by atoms with Crippen molar-refractivity contribution in [2.75, 3.05) is 5.75 Å². The summed E-state index contributed by atoms with van der Waals surface area (Å²) in [6.07, 6.45) is 0.813. The van der Waals surface area contributed by atoms with Crippen LogP contribution in [0.25, 0.3) is 0 Å². The second kappa shape index (κ2) is 5.48. The first-order valence-electron chi connectivity index (χ1n) is 5.97. The molecule has 3 nitrogen and oxygen atoms in total. The summed E-state index contributed by atoms with van der Waals surface area (Å²) in [6.45, 7) is 6.53. The molecule has 1 N–H and O–H groups in total. The summed E-state index contributed by atoms with van der Waals surface area (Å²) in [6, 6.07) is 1.59. The highest BCUT2D eigenvalue weighted by molar-refractivity contribution is 8.07. The lowest BCUT2D eigenvalue weighted by atomic mass is 10.3. The Morgan fingerprint density at radius 2 is 2.24 bits per heavy atom. The molecule has 0 aliphatic carbocycles. The molecule has 1 aromatic heterocycles. The highest BCUT2D eigenvalue weighted by atomic mass is 32.2. The lowest BCUT2D eigenvalue weighted by molar-refractivity contribution is 0.832. The lowest BCUT2D eigenvalue weighted by Gasteiger charge is -2.30. The smallest absolute Gasteiger partial charge is 0.251 e. The minimum Gasteiger partial charge on any atom is -0.310 e. The van der Waals surface area contributed by atoms with Crippen molar-refractivity contribution in [2.24, 2.45) is 0 Å². The molecule has 94 valence electrons. The van der Waals surface area contributed by atoms with Crippen LogP contribution in [0, 0.1) is 0 Å². The van der Waals surface area contributed by atoms with Gasteiger partial charge in [0, 0.05) is 28.0 Å². The molecule has 3 atom stereocenters. The number of rotatable bonds is 2. The Bertz CT molecular complexity index is 446. The van der Waals surface area contributed by atoms with Crippen molar-refractivity contribution in [3.8, 4) is 0 Å². The van der Waals surface area contributed by atoms with Crippen molar-refractivity contribution in [1.29, 1.82) is 0 Å². The number of hydrogen-bond donors (Lipinski definition) is 1. The van der Waals surface area contributed by atoms with Gasteiger partial charge in [0.1, 0.15) is 5.82 Å². The zero-order valence-electron chi connectivity index (χ0n) is 10.4. The van der Waals surface area contributed by atoms with Gasteiger partial charge in [-0.3, -0.25) is 4.79 Å². The normalized spacial score (nSPS) is 29.2. The fourth-order valence-corrected chi connectivity index (χ4v) is 4.65. The Labute approximate surface area is 110 Å². The maximum absolute atomic E-state index is 11.5. The Morgan fingerprint density at radius 1 is 1.47 bits per heavy atom. The van der Waals surface area contributed by atoms with Gasteiger partial charge in [0.25, 0.3) is 5.56 Å². The van der Waals surface area contributed by atoms with E-state index in [2.05, 4.69) is 23.8 Å². The van der Waals surface area contributed by atoms with E-state index in [0.717, 1.165) is 23.7 Å². The second-order valence-electron chi connectivity index (χ2n) is 4.34. The number of aromatic amines is 1. The van der Waals surface area contributed by atoms with Crippen LogP contribution in [0.2, 0.25) is 0 Å². The number of nitrogens with one attached hydrogen (secondary N) is 1. The molecule has 0 amide bonds. The number of hydrogen-bond acceptors (Lipinski definition) is 4. The van der Waals surface area contributed by atoms with Crippen molar-refractivity contribution in [3.63, 3.8) is 0 Å². The number of aryl methyl sites for hydroxylation is 1. The number of nitrogens with zero attached hydrogens (tertiary/aromatic N) is 1. The third kappa shape index (κ3) is 3.07. The Kier molecular flexibility index (Phi) is 4.20. The molecule has 2 heterocycles. The summed E-state index contributed by atoms with van der Waals surface area (Å²) >= 11 is 3.89.